The molecule has 0 radical (unpaired) electrons. The number of halogens is 3. The summed E-state index contributed by atoms with van der Waals surface area (Å²) in [5.74, 6) is 0. The van der Waals surface area contributed by atoms with Crippen molar-refractivity contribution in [1.29, 1.82) is 0 Å². The zero-order chi connectivity index (χ0) is 10.3. The summed E-state index contributed by atoms with van der Waals surface area (Å²) in [4.78, 5) is 0.419. The van der Waals surface area contributed by atoms with Crippen molar-refractivity contribution in [3.63, 3.8) is 0 Å². The first-order valence-corrected chi connectivity index (χ1v) is 4.22. The monoisotopic (exact) mass is 202 g/mol. The van der Waals surface area contributed by atoms with Crippen LogP contribution in [0.25, 0.3) is 0 Å². The average Bonchev–Trinajstić information content (AvgIpc) is 2.38. The van der Waals surface area contributed by atoms with Gasteiger partial charge >= 0.3 is 6.30 Å². The van der Waals surface area contributed by atoms with Gasteiger partial charge in [0.1, 0.15) is 6.17 Å². The molecule has 14 heavy (non-hydrogen) atoms. The third-order valence-corrected chi connectivity index (χ3v) is 2.19. The van der Waals surface area contributed by atoms with Gasteiger partial charge in [0.2, 0.25) is 0 Å². The Morgan fingerprint density at radius 3 is 2.57 bits per heavy atom. The summed E-state index contributed by atoms with van der Waals surface area (Å²) in [5.41, 5.74) is 0.713. The number of fused-ring (bicyclic) bond motifs is 1. The molecule has 0 saturated heterocycles. The van der Waals surface area contributed by atoms with E-state index >= 15 is 0 Å². The lowest BCUT2D eigenvalue weighted by molar-refractivity contribution is -0.131. The van der Waals surface area contributed by atoms with E-state index in [1.54, 1.807) is 18.2 Å². The average molecular weight is 202 g/mol. The number of nitrogens with one attached hydrogen (secondary N) is 1. The van der Waals surface area contributed by atoms with E-state index in [1.165, 1.54) is 13.0 Å². The Morgan fingerprint density at radius 1 is 1.29 bits per heavy atom. The number of rotatable bonds is 0. The maximum Gasteiger partial charge on any atom is 0.486 e. The summed E-state index contributed by atoms with van der Waals surface area (Å²) in [6, 6.07) is 6.40. The van der Waals surface area contributed by atoms with Crippen molar-refractivity contribution in [2.45, 2.75) is 19.4 Å². The normalized spacial score (nSPS) is 20.6. The second-order valence-corrected chi connectivity index (χ2v) is 3.18. The number of nitrogens with zero attached hydrogens (tertiary/aromatic N) is 1. The molecular formula is C9H9F3N2. The van der Waals surface area contributed by atoms with Crippen LogP contribution in [0.5, 0.6) is 0 Å². The zero-order valence-corrected chi connectivity index (χ0v) is 7.47. The lowest BCUT2D eigenvalue weighted by Gasteiger charge is -2.25. The van der Waals surface area contributed by atoms with E-state index in [0.29, 0.717) is 10.6 Å². The molecule has 0 aliphatic carbocycles. The highest BCUT2D eigenvalue weighted by Crippen LogP contribution is 2.40. The molecule has 1 atom stereocenters. The molecule has 1 unspecified atom stereocenters. The van der Waals surface area contributed by atoms with Crippen LogP contribution in [0, 0.1) is 0 Å². The standard InChI is InChI=1S/C9H9F3N2/c1-6-13-7-4-2-3-5-8(7)14(6)9(10,11)12/h2-6,13H,1H3. The minimum Gasteiger partial charge on any atom is -0.363 e. The predicted molar refractivity (Wildman–Crippen MR) is 48.1 cm³/mol. The fourth-order valence-corrected chi connectivity index (χ4v) is 1.66. The van der Waals surface area contributed by atoms with Gasteiger partial charge in [0.15, 0.2) is 0 Å². The van der Waals surface area contributed by atoms with Crippen LogP contribution in [-0.4, -0.2) is 12.5 Å². The lowest BCUT2D eigenvalue weighted by Crippen LogP contribution is -2.43. The molecule has 0 fully saturated rings. The van der Waals surface area contributed by atoms with Gasteiger partial charge in [-0.25, -0.2) is 0 Å². The third kappa shape index (κ3) is 1.29. The molecule has 2 nitrogen and oxygen atoms in total. The van der Waals surface area contributed by atoms with Gasteiger partial charge in [-0.05, 0) is 19.1 Å². The summed E-state index contributed by atoms with van der Waals surface area (Å²) in [6.45, 7) is 1.48. The predicted octanol–water partition coefficient (Wildman–Crippen LogP) is 2.78. The maximum absolute atomic E-state index is 12.6. The molecule has 2 rings (SSSR count). The summed E-state index contributed by atoms with van der Waals surface area (Å²) >= 11 is 0. The van der Waals surface area contributed by atoms with Crippen molar-refractivity contribution >= 4 is 11.4 Å². The molecule has 0 aromatic heterocycles. The van der Waals surface area contributed by atoms with Crippen LogP contribution < -0.4 is 10.2 Å². The number of benzene rings is 1. The highest BCUT2D eigenvalue weighted by atomic mass is 19.4. The molecule has 1 aliphatic heterocycles. The second-order valence-electron chi connectivity index (χ2n) is 3.18. The summed E-state index contributed by atoms with van der Waals surface area (Å²) in [5, 5.41) is 2.76. The van der Waals surface area contributed by atoms with Crippen molar-refractivity contribution in [3.05, 3.63) is 24.3 Å². The van der Waals surface area contributed by atoms with Crippen molar-refractivity contribution in [3.8, 4) is 0 Å². The first-order chi connectivity index (χ1) is 6.50. The van der Waals surface area contributed by atoms with Crippen molar-refractivity contribution in [2.24, 2.45) is 0 Å². The molecule has 5 heteroatoms. The number of hydrogen-bond donors (Lipinski definition) is 1. The molecule has 1 N–H and O–H groups in total. The van der Waals surface area contributed by atoms with Crippen LogP contribution in [0.15, 0.2) is 24.3 Å². The lowest BCUT2D eigenvalue weighted by atomic mass is 10.3. The molecule has 0 amide bonds. The first-order valence-electron chi connectivity index (χ1n) is 4.22. The fraction of sp³-hybridized carbons (Fsp3) is 0.333. The van der Waals surface area contributed by atoms with Gasteiger partial charge in [-0.3, -0.25) is 4.90 Å². The summed E-state index contributed by atoms with van der Waals surface area (Å²) in [6.07, 6.45) is -5.08. The van der Waals surface area contributed by atoms with E-state index in [-0.39, 0.29) is 5.69 Å². The molecule has 0 bridgehead atoms. The van der Waals surface area contributed by atoms with E-state index in [2.05, 4.69) is 5.32 Å². The molecule has 1 aromatic rings. The Labute approximate surface area is 79.3 Å². The SMILES string of the molecule is CC1Nc2ccccc2N1C(F)(F)F. The van der Waals surface area contributed by atoms with Crippen LogP contribution in [0.1, 0.15) is 6.92 Å². The van der Waals surface area contributed by atoms with Crippen molar-refractivity contribution < 1.29 is 13.2 Å². The molecule has 0 saturated carbocycles. The highest BCUT2D eigenvalue weighted by molar-refractivity contribution is 5.76. The molecule has 76 valence electrons. The van der Waals surface area contributed by atoms with Gasteiger partial charge in [-0.2, -0.15) is 13.2 Å². The van der Waals surface area contributed by atoms with Gasteiger partial charge in [0.25, 0.3) is 0 Å². The summed E-state index contributed by atoms with van der Waals surface area (Å²) in [7, 11) is 0. The largest absolute Gasteiger partial charge is 0.486 e. The van der Waals surface area contributed by atoms with Gasteiger partial charge in [0, 0.05) is 0 Å². The summed E-state index contributed by atoms with van der Waals surface area (Å²) < 4.78 is 37.7. The van der Waals surface area contributed by atoms with Crippen LogP contribution in [0.3, 0.4) is 0 Å². The molecule has 1 aliphatic rings. The third-order valence-electron chi connectivity index (χ3n) is 2.19. The van der Waals surface area contributed by atoms with E-state index in [1.807, 2.05) is 0 Å². The topological polar surface area (TPSA) is 15.3 Å². The van der Waals surface area contributed by atoms with Crippen molar-refractivity contribution in [1.82, 2.24) is 0 Å². The Hall–Kier alpha value is -1.39. The Morgan fingerprint density at radius 2 is 1.93 bits per heavy atom. The van der Waals surface area contributed by atoms with Crippen LogP contribution in [0.2, 0.25) is 0 Å². The van der Waals surface area contributed by atoms with Crippen LogP contribution in [0.4, 0.5) is 24.5 Å². The fourth-order valence-electron chi connectivity index (χ4n) is 1.66. The minimum atomic E-state index is -4.33. The molecule has 1 heterocycles. The van der Waals surface area contributed by atoms with Gasteiger partial charge in [-0.15, -0.1) is 0 Å². The first kappa shape index (κ1) is 9.18. The number of para-hydroxylation sites is 2. The number of hydrogen-bond acceptors (Lipinski definition) is 2. The van der Waals surface area contributed by atoms with Crippen LogP contribution >= 0.6 is 0 Å². The Kier molecular flexibility index (Phi) is 1.83. The van der Waals surface area contributed by atoms with E-state index in [9.17, 15) is 13.2 Å². The van der Waals surface area contributed by atoms with Gasteiger partial charge in [-0.1, -0.05) is 12.1 Å². The van der Waals surface area contributed by atoms with E-state index in [0.717, 1.165) is 0 Å². The second kappa shape index (κ2) is 2.80. The minimum absolute atomic E-state index is 0.188. The Bertz CT molecular complexity index is 348. The number of anilines is 2. The Balaban J connectivity index is 2.45. The molecular weight excluding hydrogens is 193 g/mol. The molecule has 1 aromatic carbocycles. The maximum atomic E-state index is 12.6. The smallest absolute Gasteiger partial charge is 0.363 e. The molecule has 0 spiro atoms. The highest BCUT2D eigenvalue weighted by Gasteiger charge is 2.44. The van der Waals surface area contributed by atoms with Crippen LogP contribution in [-0.2, 0) is 0 Å². The van der Waals surface area contributed by atoms with Gasteiger partial charge in [0.05, 0.1) is 11.4 Å². The number of alkyl halides is 3. The van der Waals surface area contributed by atoms with E-state index in [4.69, 9.17) is 0 Å². The quantitative estimate of drug-likeness (QED) is 0.651. The van der Waals surface area contributed by atoms with Crippen molar-refractivity contribution in [2.75, 3.05) is 10.2 Å². The van der Waals surface area contributed by atoms with E-state index < -0.39 is 12.5 Å². The zero-order valence-electron chi connectivity index (χ0n) is 7.47. The van der Waals surface area contributed by atoms with Gasteiger partial charge < -0.3 is 5.32 Å².